The molecule has 0 atom stereocenters. The van der Waals surface area contributed by atoms with Gasteiger partial charge in [0, 0.05) is 25.2 Å². The Morgan fingerprint density at radius 3 is 2.70 bits per heavy atom. The Balaban J connectivity index is 1.65. The molecule has 2 heterocycles. The van der Waals surface area contributed by atoms with Crippen LogP contribution in [0.15, 0.2) is 53.6 Å². The highest BCUT2D eigenvalue weighted by molar-refractivity contribution is 8.26. The van der Waals surface area contributed by atoms with E-state index < -0.39 is 5.97 Å². The van der Waals surface area contributed by atoms with Crippen LogP contribution in [0.2, 0.25) is 0 Å². The molecular formula is C19H16N2O4S2. The molecule has 1 aromatic heterocycles. The number of ether oxygens (including phenoxy) is 1. The Labute approximate surface area is 165 Å². The lowest BCUT2D eigenvalue weighted by Gasteiger charge is -2.13. The third-order valence-corrected chi connectivity index (χ3v) is 5.05. The summed E-state index contributed by atoms with van der Waals surface area (Å²) in [7, 11) is 0. The van der Waals surface area contributed by atoms with Gasteiger partial charge in [0.15, 0.2) is 0 Å². The van der Waals surface area contributed by atoms with Crippen molar-refractivity contribution in [1.82, 2.24) is 9.88 Å². The molecule has 8 heteroatoms. The van der Waals surface area contributed by atoms with Crippen LogP contribution in [0.3, 0.4) is 0 Å². The molecule has 0 bridgehead atoms. The fourth-order valence-corrected chi connectivity index (χ4v) is 3.69. The number of thioether (sulfide) groups is 1. The summed E-state index contributed by atoms with van der Waals surface area (Å²) < 4.78 is 6.08. The quantitative estimate of drug-likeness (QED) is 0.557. The molecule has 1 saturated heterocycles. The van der Waals surface area contributed by atoms with Crippen LogP contribution in [0.1, 0.15) is 18.4 Å². The second kappa shape index (κ2) is 8.79. The molecule has 138 valence electrons. The molecule has 2 aromatic rings. The molecule has 0 unspecified atom stereocenters. The van der Waals surface area contributed by atoms with Crippen molar-refractivity contribution in [2.45, 2.75) is 12.8 Å². The Hall–Kier alpha value is -2.71. The fourth-order valence-electron chi connectivity index (χ4n) is 2.38. The number of nitrogens with zero attached hydrogens (tertiary/aromatic N) is 2. The maximum absolute atomic E-state index is 12.5. The van der Waals surface area contributed by atoms with Gasteiger partial charge in [-0.3, -0.25) is 14.5 Å². The van der Waals surface area contributed by atoms with Crippen LogP contribution in [0.4, 0.5) is 0 Å². The summed E-state index contributed by atoms with van der Waals surface area (Å²) in [5, 5.41) is 8.71. The summed E-state index contributed by atoms with van der Waals surface area (Å²) in [6.45, 7) is 0.302. The minimum atomic E-state index is -0.889. The molecule has 6 nitrogen and oxygen atoms in total. The van der Waals surface area contributed by atoms with E-state index in [1.165, 1.54) is 16.7 Å². The molecule has 1 aromatic carbocycles. The smallest absolute Gasteiger partial charge is 0.303 e. The van der Waals surface area contributed by atoms with Gasteiger partial charge in [-0.15, -0.1) is 0 Å². The number of benzene rings is 1. The number of carboxylic acids is 1. The van der Waals surface area contributed by atoms with E-state index in [0.717, 1.165) is 5.56 Å². The van der Waals surface area contributed by atoms with Gasteiger partial charge >= 0.3 is 5.97 Å². The topological polar surface area (TPSA) is 79.7 Å². The van der Waals surface area contributed by atoms with E-state index in [1.807, 2.05) is 36.4 Å². The molecule has 27 heavy (non-hydrogen) atoms. The van der Waals surface area contributed by atoms with Crippen molar-refractivity contribution in [2.24, 2.45) is 0 Å². The number of carbonyl (C=O) groups excluding carboxylic acids is 1. The van der Waals surface area contributed by atoms with Crippen LogP contribution in [0, 0.1) is 0 Å². The Morgan fingerprint density at radius 2 is 2.04 bits per heavy atom. The van der Waals surface area contributed by atoms with Gasteiger partial charge in [0.1, 0.15) is 10.1 Å². The van der Waals surface area contributed by atoms with Gasteiger partial charge < -0.3 is 9.84 Å². The number of hydrogen-bond donors (Lipinski definition) is 1. The highest BCUT2D eigenvalue weighted by Gasteiger charge is 2.31. The van der Waals surface area contributed by atoms with Crippen molar-refractivity contribution in [3.05, 3.63) is 59.1 Å². The number of para-hydroxylation sites is 1. The monoisotopic (exact) mass is 400 g/mol. The number of hydrogen-bond acceptors (Lipinski definition) is 6. The molecule has 1 aliphatic heterocycles. The number of amides is 1. The summed E-state index contributed by atoms with van der Waals surface area (Å²) in [6, 6.07) is 12.9. The molecule has 3 rings (SSSR count). The van der Waals surface area contributed by atoms with E-state index in [0.29, 0.717) is 33.8 Å². The maximum atomic E-state index is 12.5. The van der Waals surface area contributed by atoms with Crippen LogP contribution in [-0.2, 0) is 9.59 Å². The van der Waals surface area contributed by atoms with Crippen LogP contribution in [-0.4, -0.2) is 37.7 Å². The number of carboxylic acid groups (broad SMARTS) is 1. The average molecular weight is 400 g/mol. The summed E-state index contributed by atoms with van der Waals surface area (Å²) in [5.41, 5.74) is 0.751. The lowest BCUT2D eigenvalue weighted by atomic mass is 10.2. The van der Waals surface area contributed by atoms with E-state index >= 15 is 0 Å². The first-order chi connectivity index (χ1) is 13.0. The minimum Gasteiger partial charge on any atom is -0.481 e. The summed E-state index contributed by atoms with van der Waals surface area (Å²) in [4.78, 5) is 29.3. The van der Waals surface area contributed by atoms with Crippen molar-refractivity contribution in [3.63, 3.8) is 0 Å². The standard InChI is InChI=1S/C19H16N2O4S2/c22-17(23)7-4-10-21-18(24)15(27-19(21)26)11-13-8-9-16(20-12-13)25-14-5-2-1-3-6-14/h1-3,5-6,8-9,11-12H,4,7,10H2,(H,22,23). The molecule has 1 amide bonds. The second-order valence-corrected chi connectivity index (χ2v) is 7.35. The number of aromatic nitrogens is 1. The Morgan fingerprint density at radius 1 is 1.26 bits per heavy atom. The number of pyridine rings is 1. The first kappa shape index (κ1) is 19.1. The summed E-state index contributed by atoms with van der Waals surface area (Å²) >= 11 is 6.43. The Bertz CT molecular complexity index is 882. The van der Waals surface area contributed by atoms with Gasteiger partial charge in [0.05, 0.1) is 4.91 Å². The highest BCUT2D eigenvalue weighted by Crippen LogP contribution is 2.32. The van der Waals surface area contributed by atoms with Crippen molar-refractivity contribution >= 4 is 46.3 Å². The van der Waals surface area contributed by atoms with Crippen molar-refractivity contribution in [3.8, 4) is 11.6 Å². The van der Waals surface area contributed by atoms with Crippen LogP contribution >= 0.6 is 24.0 Å². The van der Waals surface area contributed by atoms with Crippen LogP contribution in [0.5, 0.6) is 11.6 Å². The van der Waals surface area contributed by atoms with E-state index in [2.05, 4.69) is 4.98 Å². The molecular weight excluding hydrogens is 384 g/mol. The first-order valence-corrected chi connectivity index (χ1v) is 9.41. The molecule has 1 fully saturated rings. The number of aliphatic carboxylic acids is 1. The number of thiocarbonyl (C=S) groups is 1. The zero-order chi connectivity index (χ0) is 19.2. The average Bonchev–Trinajstić information content (AvgIpc) is 2.91. The van der Waals surface area contributed by atoms with Gasteiger partial charge in [-0.05, 0) is 36.3 Å². The SMILES string of the molecule is O=C(O)CCCN1C(=O)C(=Cc2ccc(Oc3ccccc3)nc2)SC1=S. The lowest BCUT2D eigenvalue weighted by Crippen LogP contribution is -2.29. The van der Waals surface area contributed by atoms with Crippen LogP contribution in [0.25, 0.3) is 6.08 Å². The third kappa shape index (κ3) is 5.15. The zero-order valence-electron chi connectivity index (χ0n) is 14.2. The maximum Gasteiger partial charge on any atom is 0.303 e. The molecule has 0 spiro atoms. The minimum absolute atomic E-state index is 0.00288. The zero-order valence-corrected chi connectivity index (χ0v) is 15.8. The van der Waals surface area contributed by atoms with E-state index in [9.17, 15) is 9.59 Å². The largest absolute Gasteiger partial charge is 0.481 e. The van der Waals surface area contributed by atoms with Gasteiger partial charge in [-0.25, -0.2) is 4.98 Å². The first-order valence-electron chi connectivity index (χ1n) is 8.19. The third-order valence-electron chi connectivity index (χ3n) is 3.67. The number of carbonyl (C=O) groups is 2. The molecule has 0 radical (unpaired) electrons. The van der Waals surface area contributed by atoms with Gasteiger partial charge in [0.2, 0.25) is 5.88 Å². The van der Waals surface area contributed by atoms with E-state index in [-0.39, 0.29) is 12.3 Å². The van der Waals surface area contributed by atoms with Crippen molar-refractivity contribution in [1.29, 1.82) is 0 Å². The van der Waals surface area contributed by atoms with Crippen molar-refractivity contribution < 1.29 is 19.4 Å². The predicted molar refractivity (Wildman–Crippen MR) is 108 cm³/mol. The fraction of sp³-hybridized carbons (Fsp3) is 0.158. The van der Waals surface area contributed by atoms with Gasteiger partial charge in [-0.1, -0.05) is 42.2 Å². The second-order valence-electron chi connectivity index (χ2n) is 5.68. The van der Waals surface area contributed by atoms with Crippen LogP contribution < -0.4 is 4.74 Å². The Kier molecular flexibility index (Phi) is 6.20. The molecule has 0 saturated carbocycles. The van der Waals surface area contributed by atoms with Gasteiger partial charge in [-0.2, -0.15) is 0 Å². The van der Waals surface area contributed by atoms with E-state index in [4.69, 9.17) is 22.1 Å². The molecule has 1 N–H and O–H groups in total. The van der Waals surface area contributed by atoms with E-state index in [1.54, 1.807) is 18.3 Å². The normalized spacial score (nSPS) is 15.4. The highest BCUT2D eigenvalue weighted by atomic mass is 32.2. The number of rotatable bonds is 7. The molecule has 0 aliphatic carbocycles. The predicted octanol–water partition coefficient (Wildman–Crippen LogP) is 3.94. The summed E-state index contributed by atoms with van der Waals surface area (Å²) in [5.74, 6) is 0.0550. The molecule has 1 aliphatic rings. The lowest BCUT2D eigenvalue weighted by molar-refractivity contribution is -0.137. The summed E-state index contributed by atoms with van der Waals surface area (Å²) in [6.07, 6.45) is 3.70. The van der Waals surface area contributed by atoms with Crippen molar-refractivity contribution in [2.75, 3.05) is 6.54 Å². The van der Waals surface area contributed by atoms with Gasteiger partial charge in [0.25, 0.3) is 5.91 Å².